The molecular weight excluding hydrogens is 404 g/mol. The van der Waals surface area contributed by atoms with Gasteiger partial charge in [0.15, 0.2) is 0 Å². The van der Waals surface area contributed by atoms with Crippen LogP contribution in [0.2, 0.25) is 0 Å². The molecule has 2 aliphatic rings. The van der Waals surface area contributed by atoms with E-state index in [1.807, 2.05) is 12.1 Å². The quantitative estimate of drug-likeness (QED) is 0.631. The van der Waals surface area contributed by atoms with Crippen LogP contribution in [0.3, 0.4) is 0 Å². The Morgan fingerprint density at radius 2 is 1.72 bits per heavy atom. The highest BCUT2D eigenvalue weighted by atomic mass is 32.2. The van der Waals surface area contributed by atoms with Crippen molar-refractivity contribution in [1.82, 2.24) is 14.3 Å². The minimum Gasteiger partial charge on any atom is -0.357 e. The van der Waals surface area contributed by atoms with Gasteiger partial charge >= 0.3 is 0 Å². The van der Waals surface area contributed by atoms with Crippen molar-refractivity contribution in [1.29, 1.82) is 0 Å². The molecule has 5 rings (SSSR count). The molecule has 0 aliphatic carbocycles. The lowest BCUT2D eigenvalue weighted by molar-refractivity contribution is 0.477. The lowest BCUT2D eigenvalue weighted by Crippen LogP contribution is -2.33. The Labute approximate surface area is 175 Å². The van der Waals surface area contributed by atoms with Crippen molar-refractivity contribution < 1.29 is 8.42 Å². The minimum atomic E-state index is -3.40. The summed E-state index contributed by atoms with van der Waals surface area (Å²) in [4.78, 5) is 11.8. The number of thiazole rings is 1. The van der Waals surface area contributed by atoms with Gasteiger partial charge in [0.2, 0.25) is 10.0 Å². The van der Waals surface area contributed by atoms with Crippen molar-refractivity contribution in [3.63, 3.8) is 0 Å². The first-order chi connectivity index (χ1) is 14.1. The van der Waals surface area contributed by atoms with Crippen LogP contribution < -0.4 is 4.90 Å². The van der Waals surface area contributed by atoms with Crippen LogP contribution in [-0.2, 0) is 10.0 Å². The zero-order valence-electron chi connectivity index (χ0n) is 16.2. The van der Waals surface area contributed by atoms with Gasteiger partial charge in [-0.1, -0.05) is 12.1 Å². The molecule has 2 aliphatic heterocycles. The van der Waals surface area contributed by atoms with Gasteiger partial charge in [0.25, 0.3) is 0 Å². The van der Waals surface area contributed by atoms with Crippen molar-refractivity contribution in [3.05, 3.63) is 47.6 Å². The average Bonchev–Trinajstić information content (AvgIpc) is 3.44. The molecule has 29 heavy (non-hydrogen) atoms. The second-order valence-electron chi connectivity index (χ2n) is 7.74. The van der Waals surface area contributed by atoms with E-state index < -0.39 is 10.0 Å². The molecule has 0 spiro atoms. The van der Waals surface area contributed by atoms with E-state index in [2.05, 4.69) is 28.1 Å². The summed E-state index contributed by atoms with van der Waals surface area (Å²) in [5.74, 6) is 1.34. The van der Waals surface area contributed by atoms with Crippen LogP contribution in [0.25, 0.3) is 10.2 Å². The van der Waals surface area contributed by atoms with Crippen molar-refractivity contribution in [2.24, 2.45) is 0 Å². The van der Waals surface area contributed by atoms with Crippen molar-refractivity contribution in [3.8, 4) is 0 Å². The second-order valence-corrected chi connectivity index (χ2v) is 10.7. The van der Waals surface area contributed by atoms with Crippen LogP contribution in [0.15, 0.2) is 47.5 Å². The van der Waals surface area contributed by atoms with Crippen LogP contribution in [0.4, 0.5) is 5.82 Å². The first-order valence-corrected chi connectivity index (χ1v) is 12.4. The van der Waals surface area contributed by atoms with E-state index in [9.17, 15) is 8.42 Å². The number of fused-ring (bicyclic) bond motifs is 1. The number of para-hydroxylation sites is 1. The van der Waals surface area contributed by atoms with E-state index in [-0.39, 0.29) is 0 Å². The summed E-state index contributed by atoms with van der Waals surface area (Å²) in [6.07, 6.45) is 5.47. The number of rotatable bonds is 4. The highest BCUT2D eigenvalue weighted by Gasteiger charge is 2.28. The van der Waals surface area contributed by atoms with E-state index in [1.54, 1.807) is 21.7 Å². The number of aromatic nitrogens is 2. The number of pyridine rings is 1. The molecule has 6 nitrogen and oxygen atoms in total. The SMILES string of the molecule is O=S(=O)(c1ccc(N2CCC(c3nc4ccccc4s3)CC2)nc1)N1CCCC1. The van der Waals surface area contributed by atoms with Crippen LogP contribution >= 0.6 is 11.3 Å². The molecule has 0 saturated carbocycles. The second kappa shape index (κ2) is 7.66. The zero-order valence-corrected chi connectivity index (χ0v) is 17.8. The molecule has 4 heterocycles. The molecule has 2 aromatic heterocycles. The molecule has 0 atom stereocenters. The Morgan fingerprint density at radius 1 is 0.966 bits per heavy atom. The van der Waals surface area contributed by atoms with Gasteiger partial charge in [0.1, 0.15) is 10.7 Å². The molecule has 0 unspecified atom stereocenters. The third-order valence-corrected chi connectivity index (χ3v) is 8.98. The smallest absolute Gasteiger partial charge is 0.244 e. The summed E-state index contributed by atoms with van der Waals surface area (Å²) in [5, 5.41) is 1.23. The van der Waals surface area contributed by atoms with Crippen LogP contribution in [-0.4, -0.2) is 48.9 Å². The summed E-state index contributed by atoms with van der Waals surface area (Å²) in [7, 11) is -3.40. The lowest BCUT2D eigenvalue weighted by Gasteiger charge is -2.32. The molecule has 8 heteroatoms. The van der Waals surface area contributed by atoms with E-state index >= 15 is 0 Å². The first kappa shape index (κ1) is 19.0. The molecule has 2 fully saturated rings. The Morgan fingerprint density at radius 3 is 2.41 bits per heavy atom. The Hall–Kier alpha value is -2.03. The maximum Gasteiger partial charge on any atom is 0.244 e. The van der Waals surface area contributed by atoms with Gasteiger partial charge in [-0.05, 0) is 49.9 Å². The summed E-state index contributed by atoms with van der Waals surface area (Å²) >= 11 is 1.80. The first-order valence-electron chi connectivity index (χ1n) is 10.2. The Balaban J connectivity index is 1.26. The normalized spacial score (nSPS) is 19.2. The predicted molar refractivity (Wildman–Crippen MR) is 116 cm³/mol. The largest absolute Gasteiger partial charge is 0.357 e. The maximum absolute atomic E-state index is 12.7. The van der Waals surface area contributed by atoms with Crippen molar-refractivity contribution >= 4 is 37.4 Å². The van der Waals surface area contributed by atoms with Crippen LogP contribution in [0.1, 0.15) is 36.6 Å². The topological polar surface area (TPSA) is 66.4 Å². The van der Waals surface area contributed by atoms with E-state index in [0.29, 0.717) is 23.9 Å². The number of sulfonamides is 1. The van der Waals surface area contributed by atoms with Gasteiger partial charge in [-0.15, -0.1) is 11.3 Å². The van der Waals surface area contributed by atoms with Gasteiger partial charge in [0.05, 0.1) is 15.2 Å². The number of piperidine rings is 1. The van der Waals surface area contributed by atoms with E-state index in [0.717, 1.165) is 50.1 Å². The highest BCUT2D eigenvalue weighted by molar-refractivity contribution is 7.89. The summed E-state index contributed by atoms with van der Waals surface area (Å²) in [5.41, 5.74) is 1.09. The molecule has 2 saturated heterocycles. The third kappa shape index (κ3) is 3.65. The van der Waals surface area contributed by atoms with Crippen molar-refractivity contribution in [2.75, 3.05) is 31.1 Å². The standard InChI is InChI=1S/C21H24N4O2S2/c26-29(27,25-11-3-4-12-25)17-7-8-20(22-15-17)24-13-9-16(10-14-24)21-23-18-5-1-2-6-19(18)28-21/h1-2,5-8,15-16H,3-4,9-14H2. The average molecular weight is 429 g/mol. The minimum absolute atomic E-state index is 0.299. The van der Waals surface area contributed by atoms with Gasteiger partial charge < -0.3 is 4.90 Å². The van der Waals surface area contributed by atoms with E-state index in [1.165, 1.54) is 15.9 Å². The summed E-state index contributed by atoms with van der Waals surface area (Å²) in [6, 6.07) is 11.9. The Bertz CT molecular complexity index is 1060. The summed E-state index contributed by atoms with van der Waals surface area (Å²) in [6.45, 7) is 3.05. The number of nitrogens with zero attached hydrogens (tertiary/aromatic N) is 4. The zero-order chi connectivity index (χ0) is 19.8. The molecule has 1 aromatic carbocycles. The Kier molecular flexibility index (Phi) is 5.01. The fourth-order valence-electron chi connectivity index (χ4n) is 4.21. The molecule has 3 aromatic rings. The third-order valence-electron chi connectivity index (χ3n) is 5.90. The number of hydrogen-bond acceptors (Lipinski definition) is 6. The van der Waals surface area contributed by atoms with Gasteiger partial charge in [-0.3, -0.25) is 0 Å². The number of anilines is 1. The monoisotopic (exact) mass is 428 g/mol. The fourth-order valence-corrected chi connectivity index (χ4v) is 6.81. The van der Waals surface area contributed by atoms with Gasteiger partial charge in [-0.2, -0.15) is 4.31 Å². The van der Waals surface area contributed by atoms with Crippen LogP contribution in [0, 0.1) is 0 Å². The van der Waals surface area contributed by atoms with Gasteiger partial charge in [-0.25, -0.2) is 18.4 Å². The molecule has 0 radical (unpaired) electrons. The predicted octanol–water partition coefficient (Wildman–Crippen LogP) is 3.86. The van der Waals surface area contributed by atoms with Crippen LogP contribution in [0.5, 0.6) is 0 Å². The maximum atomic E-state index is 12.7. The highest BCUT2D eigenvalue weighted by Crippen LogP contribution is 2.34. The molecular formula is C21H24N4O2S2. The molecule has 0 N–H and O–H groups in total. The fraction of sp³-hybridized carbons (Fsp3) is 0.429. The number of benzene rings is 1. The summed E-state index contributed by atoms with van der Waals surface area (Å²) < 4.78 is 28.1. The molecule has 152 valence electrons. The lowest BCUT2D eigenvalue weighted by atomic mass is 9.97. The molecule has 0 bridgehead atoms. The number of hydrogen-bond donors (Lipinski definition) is 0. The molecule has 0 amide bonds. The van der Waals surface area contributed by atoms with Crippen molar-refractivity contribution in [2.45, 2.75) is 36.5 Å². The van der Waals surface area contributed by atoms with Gasteiger partial charge in [0, 0.05) is 38.3 Å². The van der Waals surface area contributed by atoms with E-state index in [4.69, 9.17) is 4.98 Å².